The number of benzene rings is 2. The molecule has 5 rings (SSSR count). The van der Waals surface area contributed by atoms with Gasteiger partial charge in [0.1, 0.15) is 0 Å². The monoisotopic (exact) mass is 464 g/mol. The molecule has 152 valence electrons. The van der Waals surface area contributed by atoms with Crippen LogP contribution in [0.5, 0.6) is 0 Å². The first-order valence-corrected chi connectivity index (χ1v) is 10.5. The highest BCUT2D eigenvalue weighted by atomic mass is 79.9. The molecule has 0 amide bonds. The summed E-state index contributed by atoms with van der Waals surface area (Å²) in [6, 6.07) is 12.3. The molecule has 2 aromatic heterocycles. The third-order valence-corrected chi connectivity index (χ3v) is 5.67. The van der Waals surface area contributed by atoms with E-state index in [1.54, 1.807) is 4.68 Å². The number of aliphatic hydroxyl groups excluding tert-OH is 1. The molecule has 7 nitrogen and oxygen atoms in total. The van der Waals surface area contributed by atoms with Crippen LogP contribution in [0, 0.1) is 0 Å². The maximum Gasteiger partial charge on any atom is 0.227 e. The summed E-state index contributed by atoms with van der Waals surface area (Å²) in [5.41, 5.74) is 5.09. The van der Waals surface area contributed by atoms with Crippen molar-refractivity contribution in [2.45, 2.75) is 12.6 Å². The van der Waals surface area contributed by atoms with Gasteiger partial charge < -0.3 is 10.4 Å². The zero-order valence-corrected chi connectivity index (χ0v) is 18.0. The second kappa shape index (κ2) is 7.79. The number of β-amino-alcohol motifs (C(OH)–C–C–N with tert-alkyl or cyclic N) is 1. The van der Waals surface area contributed by atoms with Crippen molar-refractivity contribution in [2.75, 3.05) is 18.4 Å². The predicted octanol–water partition coefficient (Wildman–Crippen LogP) is 3.71. The first kappa shape index (κ1) is 19.2. The molecule has 0 atom stereocenters. The van der Waals surface area contributed by atoms with Gasteiger partial charge >= 0.3 is 0 Å². The van der Waals surface area contributed by atoms with Gasteiger partial charge in [0.2, 0.25) is 5.95 Å². The Bertz CT molecular complexity index is 1220. The first-order chi connectivity index (χ1) is 14.5. The van der Waals surface area contributed by atoms with Crippen LogP contribution in [0.25, 0.3) is 22.0 Å². The molecule has 0 spiro atoms. The van der Waals surface area contributed by atoms with Gasteiger partial charge in [-0.1, -0.05) is 15.9 Å². The van der Waals surface area contributed by atoms with E-state index in [4.69, 9.17) is 0 Å². The van der Waals surface area contributed by atoms with Gasteiger partial charge in [-0.3, -0.25) is 9.58 Å². The van der Waals surface area contributed by atoms with Crippen molar-refractivity contribution in [1.29, 1.82) is 0 Å². The highest BCUT2D eigenvalue weighted by molar-refractivity contribution is 9.10. The van der Waals surface area contributed by atoms with Crippen molar-refractivity contribution < 1.29 is 5.11 Å². The van der Waals surface area contributed by atoms with Crippen molar-refractivity contribution in [3.05, 3.63) is 65.0 Å². The molecule has 1 aliphatic heterocycles. The maximum absolute atomic E-state index is 9.60. The van der Waals surface area contributed by atoms with Gasteiger partial charge in [0.15, 0.2) is 0 Å². The summed E-state index contributed by atoms with van der Waals surface area (Å²) in [4.78, 5) is 11.3. The molecule has 4 aromatic rings. The minimum atomic E-state index is -0.213. The fourth-order valence-corrected chi connectivity index (χ4v) is 4.09. The topological polar surface area (TPSA) is 79.1 Å². The van der Waals surface area contributed by atoms with Crippen molar-refractivity contribution in [3.63, 3.8) is 0 Å². The highest BCUT2D eigenvalue weighted by Crippen LogP contribution is 2.28. The lowest BCUT2D eigenvalue weighted by molar-refractivity contribution is -0.00284. The summed E-state index contributed by atoms with van der Waals surface area (Å²) in [7, 11) is 1.91. The number of aromatic nitrogens is 4. The van der Waals surface area contributed by atoms with E-state index in [-0.39, 0.29) is 6.10 Å². The number of aliphatic hydroxyl groups is 1. The number of halogens is 1. The molecule has 1 fully saturated rings. The number of aryl methyl sites for hydroxylation is 1. The lowest BCUT2D eigenvalue weighted by Crippen LogP contribution is -2.49. The minimum absolute atomic E-state index is 0.213. The van der Waals surface area contributed by atoms with Gasteiger partial charge in [0.25, 0.3) is 0 Å². The van der Waals surface area contributed by atoms with E-state index in [1.165, 1.54) is 0 Å². The lowest BCUT2D eigenvalue weighted by atomic mass is 10.0. The smallest absolute Gasteiger partial charge is 0.227 e. The molecule has 0 radical (unpaired) electrons. The van der Waals surface area contributed by atoms with E-state index in [2.05, 4.69) is 59.4 Å². The van der Waals surface area contributed by atoms with E-state index < -0.39 is 0 Å². The van der Waals surface area contributed by atoms with E-state index >= 15 is 0 Å². The summed E-state index contributed by atoms with van der Waals surface area (Å²) in [5.74, 6) is 0.554. The molecule has 2 aromatic carbocycles. The summed E-state index contributed by atoms with van der Waals surface area (Å²) >= 11 is 3.48. The summed E-state index contributed by atoms with van der Waals surface area (Å²) in [5, 5.41) is 18.2. The maximum atomic E-state index is 9.60. The number of anilines is 2. The lowest BCUT2D eigenvalue weighted by Gasteiger charge is -2.35. The standard InChI is InChI=1S/C22H21BrN6O/c1-28-11-17(9-25-28)15-4-14(10-29-12-20(30)13-29)5-19(7-15)26-22-24-8-16-6-18(23)2-3-21(16)27-22/h2-9,11,20,30H,10,12-13H2,1H3,(H,24,26,27). The van der Waals surface area contributed by atoms with Crippen LogP contribution in [0.3, 0.4) is 0 Å². The van der Waals surface area contributed by atoms with Crippen molar-refractivity contribution in [2.24, 2.45) is 7.05 Å². The molecule has 0 bridgehead atoms. The zero-order chi connectivity index (χ0) is 20.7. The Kier molecular flexibility index (Phi) is 4.98. The predicted molar refractivity (Wildman–Crippen MR) is 120 cm³/mol. The van der Waals surface area contributed by atoms with E-state index in [0.717, 1.165) is 44.3 Å². The fourth-order valence-electron chi connectivity index (χ4n) is 3.72. The normalized spacial score (nSPS) is 14.8. The number of hydrogen-bond acceptors (Lipinski definition) is 6. The highest BCUT2D eigenvalue weighted by Gasteiger charge is 2.24. The van der Waals surface area contributed by atoms with Gasteiger partial charge in [-0.2, -0.15) is 5.10 Å². The first-order valence-electron chi connectivity index (χ1n) is 9.74. The van der Waals surface area contributed by atoms with Gasteiger partial charge in [0.05, 0.1) is 17.8 Å². The quantitative estimate of drug-likeness (QED) is 0.468. The number of nitrogens with one attached hydrogen (secondary N) is 1. The van der Waals surface area contributed by atoms with Crippen molar-refractivity contribution in [1.82, 2.24) is 24.6 Å². The third-order valence-electron chi connectivity index (χ3n) is 5.17. The van der Waals surface area contributed by atoms with Gasteiger partial charge in [-0.15, -0.1) is 0 Å². The van der Waals surface area contributed by atoms with Gasteiger partial charge in [-0.05, 0) is 47.5 Å². The Morgan fingerprint density at radius 1 is 1.13 bits per heavy atom. The Labute approximate surface area is 182 Å². The fraction of sp³-hybridized carbons (Fsp3) is 0.227. The summed E-state index contributed by atoms with van der Waals surface area (Å²) < 4.78 is 2.80. The second-order valence-corrected chi connectivity index (χ2v) is 8.61. The number of hydrogen-bond donors (Lipinski definition) is 2. The number of rotatable bonds is 5. The second-order valence-electron chi connectivity index (χ2n) is 7.69. The van der Waals surface area contributed by atoms with Crippen LogP contribution < -0.4 is 5.32 Å². The zero-order valence-electron chi connectivity index (χ0n) is 16.5. The van der Waals surface area contributed by atoms with Crippen molar-refractivity contribution in [3.8, 4) is 11.1 Å². The SMILES string of the molecule is Cn1cc(-c2cc(CN3CC(O)C3)cc(Nc3ncc4cc(Br)ccc4n3)c2)cn1. The Hall–Kier alpha value is -2.81. The molecule has 0 unspecified atom stereocenters. The van der Waals surface area contributed by atoms with Crippen molar-refractivity contribution >= 4 is 38.5 Å². The molecule has 1 saturated heterocycles. The summed E-state index contributed by atoms with van der Waals surface area (Å²) in [6.45, 7) is 2.21. The molecule has 0 saturated carbocycles. The molecule has 0 aliphatic carbocycles. The number of fused-ring (bicyclic) bond motifs is 1. The van der Waals surface area contributed by atoms with Crippen LogP contribution in [0.2, 0.25) is 0 Å². The third kappa shape index (κ3) is 4.07. The molecule has 2 N–H and O–H groups in total. The molecule has 3 heterocycles. The van der Waals surface area contributed by atoms with Crippen LogP contribution in [0.4, 0.5) is 11.6 Å². The van der Waals surface area contributed by atoms with Crippen LogP contribution in [-0.4, -0.2) is 48.9 Å². The van der Waals surface area contributed by atoms with Crippen LogP contribution in [0.15, 0.2) is 59.5 Å². The van der Waals surface area contributed by atoms with Crippen LogP contribution >= 0.6 is 15.9 Å². The number of nitrogens with zero attached hydrogens (tertiary/aromatic N) is 5. The van der Waals surface area contributed by atoms with Gasteiger partial charge in [-0.25, -0.2) is 9.97 Å². The molecular formula is C22H21BrN6O. The van der Waals surface area contributed by atoms with E-state index in [0.29, 0.717) is 19.0 Å². The van der Waals surface area contributed by atoms with Gasteiger partial charge in [0, 0.05) is 60.2 Å². The minimum Gasteiger partial charge on any atom is -0.390 e. The molecule has 30 heavy (non-hydrogen) atoms. The largest absolute Gasteiger partial charge is 0.390 e. The number of likely N-dealkylation sites (tertiary alicyclic amines) is 1. The average Bonchev–Trinajstić information content (AvgIpc) is 3.13. The molecule has 8 heteroatoms. The van der Waals surface area contributed by atoms with E-state index in [1.807, 2.05) is 43.8 Å². The van der Waals surface area contributed by atoms with E-state index in [9.17, 15) is 5.11 Å². The van der Waals surface area contributed by atoms with Crippen LogP contribution in [0.1, 0.15) is 5.56 Å². The molecule has 1 aliphatic rings. The summed E-state index contributed by atoms with van der Waals surface area (Å²) in [6.07, 6.45) is 5.47. The molecular weight excluding hydrogens is 444 g/mol. The van der Waals surface area contributed by atoms with Crippen LogP contribution in [-0.2, 0) is 13.6 Å². The average molecular weight is 465 g/mol. The Balaban J connectivity index is 1.47. The Morgan fingerprint density at radius 2 is 2.00 bits per heavy atom. The Morgan fingerprint density at radius 3 is 2.77 bits per heavy atom.